The highest BCUT2D eigenvalue weighted by atomic mass is 32.2. The molecular weight excluding hydrogens is 357 g/mol. The normalized spacial score (nSPS) is 11.5. The van der Waals surface area contributed by atoms with Crippen molar-refractivity contribution in [2.75, 3.05) is 7.11 Å². The Hall–Kier alpha value is -2.62. The number of aryl methyl sites for hydroxylation is 1. The fraction of sp³-hybridized carbons (Fsp3) is 0.118. The van der Waals surface area contributed by atoms with Gasteiger partial charge in [-0.1, -0.05) is 17.7 Å². The first-order valence-electron chi connectivity index (χ1n) is 7.67. The Kier molecular flexibility index (Phi) is 4.62. The second-order valence-electron chi connectivity index (χ2n) is 5.80. The maximum Gasteiger partial charge on any atom is 0.490 e. The van der Waals surface area contributed by atoms with Crippen molar-refractivity contribution in [2.45, 2.75) is 11.8 Å². The second kappa shape index (κ2) is 6.60. The molecule has 0 radical (unpaired) electrons. The van der Waals surface area contributed by atoms with E-state index >= 15 is 0 Å². The highest BCUT2D eigenvalue weighted by Gasteiger charge is 2.26. The van der Waals surface area contributed by atoms with Gasteiger partial charge in [0.05, 0.1) is 23.1 Å². The van der Waals surface area contributed by atoms with E-state index in [9.17, 15) is 23.3 Å². The molecule has 0 saturated heterocycles. The van der Waals surface area contributed by atoms with Gasteiger partial charge in [-0.3, -0.25) is 0 Å². The number of fused-ring (bicyclic) bond motifs is 1. The van der Waals surface area contributed by atoms with Gasteiger partial charge in [-0.2, -0.15) is 0 Å². The molecule has 3 rings (SSSR count). The molecule has 0 aliphatic carbocycles. The quantitative estimate of drug-likeness (QED) is 0.514. The molecule has 0 aliphatic rings. The Morgan fingerprint density at radius 2 is 1.77 bits per heavy atom. The molecule has 0 amide bonds. The maximum absolute atomic E-state index is 13.0. The Balaban J connectivity index is 2.26. The summed E-state index contributed by atoms with van der Waals surface area (Å²) in [6.45, 7) is 1.84. The summed E-state index contributed by atoms with van der Waals surface area (Å²) >= 11 is 0. The molecule has 0 atom stereocenters. The second-order valence-corrected chi connectivity index (χ2v) is 7.61. The molecule has 7 nitrogen and oxygen atoms in total. The summed E-state index contributed by atoms with van der Waals surface area (Å²) in [5.41, 5.74) is 1.28. The summed E-state index contributed by atoms with van der Waals surface area (Å²) in [5.74, 6) is -0.612. The lowest BCUT2D eigenvalue weighted by atomic mass is 9.80. The van der Waals surface area contributed by atoms with Gasteiger partial charge in [-0.25, -0.2) is 17.2 Å². The molecule has 26 heavy (non-hydrogen) atoms. The summed E-state index contributed by atoms with van der Waals surface area (Å²) in [6.07, 6.45) is 1.14. The van der Waals surface area contributed by atoms with Crippen molar-refractivity contribution in [3.05, 3.63) is 59.8 Å². The number of benzene rings is 2. The van der Waals surface area contributed by atoms with Gasteiger partial charge in [-0.15, -0.1) is 0 Å². The molecule has 3 aromatic rings. The fourth-order valence-electron chi connectivity index (χ4n) is 2.70. The van der Waals surface area contributed by atoms with Gasteiger partial charge in [0, 0.05) is 17.0 Å². The van der Waals surface area contributed by atoms with Crippen molar-refractivity contribution < 1.29 is 28.0 Å². The van der Waals surface area contributed by atoms with E-state index in [4.69, 9.17) is 0 Å². The van der Waals surface area contributed by atoms with Crippen LogP contribution in [0.3, 0.4) is 0 Å². The van der Waals surface area contributed by atoms with Gasteiger partial charge in [-0.05, 0) is 37.3 Å². The Morgan fingerprint density at radius 1 is 1.12 bits per heavy atom. The molecule has 1 heterocycles. The van der Waals surface area contributed by atoms with Crippen LogP contribution in [0.5, 0.6) is 0 Å². The molecular formula is C17H16BNO6S. The van der Waals surface area contributed by atoms with Gasteiger partial charge < -0.3 is 14.8 Å². The predicted molar refractivity (Wildman–Crippen MR) is 96.9 cm³/mol. The topological polar surface area (TPSA) is 106 Å². The third-order valence-electron chi connectivity index (χ3n) is 4.08. The lowest BCUT2D eigenvalue weighted by Gasteiger charge is -2.08. The minimum Gasteiger partial charge on any atom is -0.465 e. The van der Waals surface area contributed by atoms with Crippen LogP contribution in [0, 0.1) is 6.92 Å². The summed E-state index contributed by atoms with van der Waals surface area (Å²) in [4.78, 5) is 11.8. The average molecular weight is 373 g/mol. The minimum atomic E-state index is -3.96. The number of esters is 1. The summed E-state index contributed by atoms with van der Waals surface area (Å²) < 4.78 is 31.6. The van der Waals surface area contributed by atoms with E-state index in [1.54, 1.807) is 12.1 Å². The number of nitrogens with zero attached hydrogens (tertiary/aromatic N) is 1. The van der Waals surface area contributed by atoms with Crippen molar-refractivity contribution in [1.29, 1.82) is 0 Å². The van der Waals surface area contributed by atoms with Crippen LogP contribution in [-0.2, 0) is 14.8 Å². The van der Waals surface area contributed by atoms with E-state index in [1.165, 1.54) is 37.4 Å². The van der Waals surface area contributed by atoms with Crippen molar-refractivity contribution in [1.82, 2.24) is 3.97 Å². The zero-order valence-corrected chi connectivity index (χ0v) is 14.9. The number of rotatable bonds is 4. The Labute approximate surface area is 150 Å². The maximum atomic E-state index is 13.0. The lowest BCUT2D eigenvalue weighted by molar-refractivity contribution is 0.0601. The van der Waals surface area contributed by atoms with Crippen molar-refractivity contribution in [3.8, 4) is 0 Å². The SMILES string of the molecule is COC(=O)c1ccc2c(c1)c(B(O)O)cn2S(=O)(=O)c1ccc(C)cc1. The van der Waals surface area contributed by atoms with Crippen LogP contribution >= 0.6 is 0 Å². The monoisotopic (exact) mass is 373 g/mol. The van der Waals surface area contributed by atoms with Crippen molar-refractivity contribution in [2.24, 2.45) is 0 Å². The number of carbonyl (C=O) groups excluding carboxylic acids is 1. The lowest BCUT2D eigenvalue weighted by Crippen LogP contribution is -2.29. The van der Waals surface area contributed by atoms with Gasteiger partial charge >= 0.3 is 13.1 Å². The molecule has 1 aromatic heterocycles. The van der Waals surface area contributed by atoms with Gasteiger partial charge in [0.1, 0.15) is 0 Å². The molecule has 0 bridgehead atoms. The van der Waals surface area contributed by atoms with E-state index in [0.717, 1.165) is 15.7 Å². The third kappa shape index (κ3) is 3.00. The summed E-state index contributed by atoms with van der Waals surface area (Å²) in [7, 11) is -4.63. The third-order valence-corrected chi connectivity index (χ3v) is 5.77. The van der Waals surface area contributed by atoms with Crippen LogP contribution in [-0.4, -0.2) is 42.6 Å². The van der Waals surface area contributed by atoms with Crippen LogP contribution in [0.2, 0.25) is 0 Å². The standard InChI is InChI=1S/C17H16BNO6S/c1-11-3-6-13(7-4-11)26(23,24)19-10-15(18(21)22)14-9-12(17(20)25-2)5-8-16(14)19/h3-10,21-22H,1-2H3. The predicted octanol–water partition coefficient (Wildman–Crippen LogP) is 0.653. The van der Waals surface area contributed by atoms with Gasteiger partial charge in [0.2, 0.25) is 0 Å². The molecule has 2 aromatic carbocycles. The molecule has 0 spiro atoms. The number of hydrogen-bond donors (Lipinski definition) is 2. The first-order chi connectivity index (χ1) is 12.3. The highest BCUT2D eigenvalue weighted by Crippen LogP contribution is 2.23. The highest BCUT2D eigenvalue weighted by molar-refractivity contribution is 7.90. The zero-order valence-electron chi connectivity index (χ0n) is 14.1. The summed E-state index contributed by atoms with van der Waals surface area (Å²) in [5, 5.41) is 19.5. The molecule has 0 saturated carbocycles. The molecule has 2 N–H and O–H groups in total. The van der Waals surface area contributed by atoms with Crippen LogP contribution in [0.25, 0.3) is 10.9 Å². The van der Waals surface area contributed by atoms with Crippen molar-refractivity contribution >= 4 is 39.5 Å². The molecule has 134 valence electrons. The van der Waals surface area contributed by atoms with Crippen molar-refractivity contribution in [3.63, 3.8) is 0 Å². The minimum absolute atomic E-state index is 0.0264. The number of aromatic nitrogens is 1. The van der Waals surface area contributed by atoms with E-state index in [2.05, 4.69) is 4.74 Å². The zero-order chi connectivity index (χ0) is 19.1. The number of carbonyl (C=O) groups is 1. The van der Waals surface area contributed by atoms with Crippen LogP contribution in [0.1, 0.15) is 15.9 Å². The van der Waals surface area contributed by atoms with Crippen LogP contribution < -0.4 is 5.46 Å². The van der Waals surface area contributed by atoms with E-state index < -0.39 is 23.1 Å². The largest absolute Gasteiger partial charge is 0.490 e. The van der Waals surface area contributed by atoms with Crippen LogP contribution in [0.15, 0.2) is 53.6 Å². The fourth-order valence-corrected chi connectivity index (χ4v) is 4.08. The van der Waals surface area contributed by atoms with Crippen LogP contribution in [0.4, 0.5) is 0 Å². The van der Waals surface area contributed by atoms with E-state index in [1.807, 2.05) is 6.92 Å². The number of ether oxygens (including phenoxy) is 1. The number of methoxy groups -OCH3 is 1. The molecule has 9 heteroatoms. The molecule has 0 aliphatic heterocycles. The Bertz CT molecular complexity index is 1090. The first-order valence-corrected chi connectivity index (χ1v) is 9.11. The van der Waals surface area contributed by atoms with E-state index in [-0.39, 0.29) is 26.8 Å². The summed E-state index contributed by atoms with van der Waals surface area (Å²) in [6, 6.07) is 10.5. The van der Waals surface area contributed by atoms with E-state index in [0.29, 0.717) is 0 Å². The smallest absolute Gasteiger partial charge is 0.465 e. The Morgan fingerprint density at radius 3 is 2.35 bits per heavy atom. The molecule has 0 unspecified atom stereocenters. The number of hydrogen-bond acceptors (Lipinski definition) is 6. The van der Waals surface area contributed by atoms with Gasteiger partial charge in [0.15, 0.2) is 0 Å². The average Bonchev–Trinajstić information content (AvgIpc) is 3.01. The van der Waals surface area contributed by atoms with Gasteiger partial charge in [0.25, 0.3) is 10.0 Å². The molecule has 0 fully saturated rings. The first kappa shape index (κ1) is 18.2.